The third kappa shape index (κ3) is 4.45. The number of hydrogen-bond acceptors (Lipinski definition) is 5. The third-order valence-electron chi connectivity index (χ3n) is 5.48. The second-order valence-electron chi connectivity index (χ2n) is 7.65. The van der Waals surface area contributed by atoms with E-state index in [2.05, 4.69) is 28.7 Å². The first-order valence-corrected chi connectivity index (χ1v) is 10.7. The summed E-state index contributed by atoms with van der Waals surface area (Å²) in [6.07, 6.45) is 1.80. The zero-order valence-corrected chi connectivity index (χ0v) is 18.0. The molecule has 1 atom stereocenters. The average molecular weight is 428 g/mol. The van der Waals surface area contributed by atoms with Gasteiger partial charge in [-0.3, -0.25) is 9.69 Å². The van der Waals surface area contributed by atoms with Crippen LogP contribution in [0.25, 0.3) is 10.9 Å². The Labute approximate surface area is 180 Å². The normalized spacial score (nSPS) is 14.7. The van der Waals surface area contributed by atoms with Gasteiger partial charge in [0.1, 0.15) is 5.82 Å². The number of aromatic amines is 1. The summed E-state index contributed by atoms with van der Waals surface area (Å²) in [4.78, 5) is 22.3. The molecule has 0 aliphatic carbocycles. The lowest BCUT2D eigenvalue weighted by Crippen LogP contribution is -2.33. The summed E-state index contributed by atoms with van der Waals surface area (Å²) < 4.78 is 11.6. The molecule has 1 unspecified atom stereocenters. The highest BCUT2D eigenvalue weighted by molar-refractivity contribution is 6.32. The maximum atomic E-state index is 12.5. The molecule has 0 fully saturated rings. The van der Waals surface area contributed by atoms with Crippen molar-refractivity contribution in [3.8, 4) is 11.5 Å². The molecule has 1 aromatic heterocycles. The largest absolute Gasteiger partial charge is 0.489 e. The standard InChI is InChI=1S/C23H26ClN3O3/c1-3-15(2)27(14-21-25-19-8-5-4-7-17(19)23(28)26-21)13-16-11-18(24)22-20(12-16)29-9-6-10-30-22/h4-5,7-8,11-12,15H,3,6,9-10,13-14H2,1-2H3,(H,25,26,28). The number of nitrogens with zero attached hydrogens (tertiary/aromatic N) is 2. The first kappa shape index (κ1) is 20.7. The van der Waals surface area contributed by atoms with Gasteiger partial charge in [0.15, 0.2) is 11.5 Å². The Morgan fingerprint density at radius 2 is 2.00 bits per heavy atom. The molecule has 0 spiro atoms. The topological polar surface area (TPSA) is 67.5 Å². The minimum atomic E-state index is -0.113. The van der Waals surface area contributed by atoms with E-state index in [0.717, 1.165) is 18.4 Å². The summed E-state index contributed by atoms with van der Waals surface area (Å²) in [6, 6.07) is 11.6. The minimum Gasteiger partial charge on any atom is -0.489 e. The Hall–Kier alpha value is -2.57. The number of nitrogens with one attached hydrogen (secondary N) is 1. The zero-order chi connectivity index (χ0) is 21.1. The number of rotatable bonds is 6. The lowest BCUT2D eigenvalue weighted by molar-refractivity contribution is 0.181. The van der Waals surface area contributed by atoms with Crippen molar-refractivity contribution in [3.05, 3.63) is 63.2 Å². The van der Waals surface area contributed by atoms with E-state index in [1.807, 2.05) is 30.3 Å². The molecule has 2 aromatic carbocycles. The minimum absolute atomic E-state index is 0.113. The number of H-pyrrole nitrogens is 1. The Balaban J connectivity index is 1.62. The molecular weight excluding hydrogens is 402 g/mol. The molecule has 1 aliphatic heterocycles. The van der Waals surface area contributed by atoms with Crippen LogP contribution in [0.3, 0.4) is 0 Å². The van der Waals surface area contributed by atoms with Gasteiger partial charge < -0.3 is 14.5 Å². The molecule has 158 valence electrons. The third-order valence-corrected chi connectivity index (χ3v) is 5.76. The summed E-state index contributed by atoms with van der Waals surface area (Å²) in [5.41, 5.74) is 1.63. The summed E-state index contributed by atoms with van der Waals surface area (Å²) in [6.45, 7) is 6.72. The Morgan fingerprint density at radius 3 is 2.83 bits per heavy atom. The number of para-hydroxylation sites is 1. The van der Waals surface area contributed by atoms with Crippen molar-refractivity contribution in [2.45, 2.75) is 45.8 Å². The van der Waals surface area contributed by atoms with Gasteiger partial charge in [0.25, 0.3) is 5.56 Å². The van der Waals surface area contributed by atoms with Crippen LogP contribution in [0.2, 0.25) is 5.02 Å². The van der Waals surface area contributed by atoms with Gasteiger partial charge in [-0.2, -0.15) is 0 Å². The van der Waals surface area contributed by atoms with Crippen molar-refractivity contribution in [2.75, 3.05) is 13.2 Å². The number of fused-ring (bicyclic) bond motifs is 2. The fraction of sp³-hybridized carbons (Fsp3) is 0.391. The highest BCUT2D eigenvalue weighted by Crippen LogP contribution is 2.38. The van der Waals surface area contributed by atoms with Crippen LogP contribution in [0, 0.1) is 0 Å². The van der Waals surface area contributed by atoms with Crippen LogP contribution in [0.4, 0.5) is 0 Å². The van der Waals surface area contributed by atoms with Gasteiger partial charge in [0.05, 0.1) is 35.7 Å². The molecule has 7 heteroatoms. The van der Waals surface area contributed by atoms with E-state index < -0.39 is 0 Å². The first-order chi connectivity index (χ1) is 14.5. The number of halogens is 1. The molecule has 0 amide bonds. The fourth-order valence-electron chi connectivity index (χ4n) is 3.64. The molecule has 0 saturated carbocycles. The fourth-order valence-corrected chi connectivity index (χ4v) is 3.93. The van der Waals surface area contributed by atoms with Gasteiger partial charge in [-0.1, -0.05) is 30.7 Å². The molecular formula is C23H26ClN3O3. The lowest BCUT2D eigenvalue weighted by atomic mass is 10.1. The van der Waals surface area contributed by atoms with Crippen molar-refractivity contribution in [3.63, 3.8) is 0 Å². The van der Waals surface area contributed by atoms with Gasteiger partial charge >= 0.3 is 0 Å². The Morgan fingerprint density at radius 1 is 1.20 bits per heavy atom. The molecule has 2 heterocycles. The van der Waals surface area contributed by atoms with Crippen LogP contribution in [0.5, 0.6) is 11.5 Å². The quantitative estimate of drug-likeness (QED) is 0.625. The molecule has 1 N–H and O–H groups in total. The molecule has 6 nitrogen and oxygen atoms in total. The van der Waals surface area contributed by atoms with Gasteiger partial charge in [0, 0.05) is 19.0 Å². The van der Waals surface area contributed by atoms with E-state index in [-0.39, 0.29) is 11.6 Å². The number of aromatic nitrogens is 2. The maximum Gasteiger partial charge on any atom is 0.258 e. The molecule has 0 saturated heterocycles. The summed E-state index contributed by atoms with van der Waals surface area (Å²) in [5, 5.41) is 1.16. The predicted molar refractivity (Wildman–Crippen MR) is 118 cm³/mol. The number of benzene rings is 2. The molecule has 0 bridgehead atoms. The lowest BCUT2D eigenvalue weighted by Gasteiger charge is -2.28. The number of ether oxygens (including phenoxy) is 2. The SMILES string of the molecule is CCC(C)N(Cc1cc(Cl)c2c(c1)OCCCO2)Cc1nc2ccccc2c(=O)[nH]1. The van der Waals surface area contributed by atoms with E-state index in [9.17, 15) is 4.79 Å². The van der Waals surface area contributed by atoms with Crippen molar-refractivity contribution < 1.29 is 9.47 Å². The summed E-state index contributed by atoms with van der Waals surface area (Å²) >= 11 is 6.48. The predicted octanol–water partition coefficient (Wildman–Crippen LogP) is 4.54. The summed E-state index contributed by atoms with van der Waals surface area (Å²) in [7, 11) is 0. The summed E-state index contributed by atoms with van der Waals surface area (Å²) in [5.74, 6) is 1.96. The van der Waals surface area contributed by atoms with Crippen LogP contribution in [-0.2, 0) is 13.1 Å². The Bertz CT molecular complexity index is 1100. The maximum absolute atomic E-state index is 12.5. The van der Waals surface area contributed by atoms with Crippen molar-refractivity contribution >= 4 is 22.5 Å². The average Bonchev–Trinajstić information content (AvgIpc) is 2.99. The van der Waals surface area contributed by atoms with E-state index >= 15 is 0 Å². The van der Waals surface area contributed by atoms with Crippen molar-refractivity contribution in [1.82, 2.24) is 14.9 Å². The molecule has 1 aliphatic rings. The Kier molecular flexibility index (Phi) is 6.25. The number of hydrogen-bond donors (Lipinski definition) is 1. The van der Waals surface area contributed by atoms with E-state index in [1.165, 1.54) is 0 Å². The van der Waals surface area contributed by atoms with E-state index in [1.54, 1.807) is 6.07 Å². The van der Waals surface area contributed by atoms with Crippen LogP contribution in [-0.4, -0.2) is 34.1 Å². The van der Waals surface area contributed by atoms with E-state index in [4.69, 9.17) is 21.1 Å². The van der Waals surface area contributed by atoms with Crippen LogP contribution < -0.4 is 15.0 Å². The van der Waals surface area contributed by atoms with Crippen LogP contribution in [0.1, 0.15) is 38.1 Å². The smallest absolute Gasteiger partial charge is 0.258 e. The molecule has 3 aromatic rings. The second-order valence-corrected chi connectivity index (χ2v) is 8.05. The molecule has 0 radical (unpaired) electrons. The second kappa shape index (κ2) is 9.06. The van der Waals surface area contributed by atoms with Crippen molar-refractivity contribution in [1.29, 1.82) is 0 Å². The highest BCUT2D eigenvalue weighted by atomic mass is 35.5. The van der Waals surface area contributed by atoms with Crippen LogP contribution >= 0.6 is 11.6 Å². The van der Waals surface area contributed by atoms with Gasteiger partial charge in [-0.15, -0.1) is 0 Å². The van der Waals surface area contributed by atoms with Gasteiger partial charge in [-0.25, -0.2) is 4.98 Å². The van der Waals surface area contributed by atoms with E-state index in [0.29, 0.717) is 59.6 Å². The molecule has 4 rings (SSSR count). The monoisotopic (exact) mass is 427 g/mol. The zero-order valence-electron chi connectivity index (χ0n) is 17.3. The molecule has 30 heavy (non-hydrogen) atoms. The van der Waals surface area contributed by atoms with Gasteiger partial charge in [0.2, 0.25) is 0 Å². The highest BCUT2D eigenvalue weighted by Gasteiger charge is 2.20. The van der Waals surface area contributed by atoms with Crippen LogP contribution in [0.15, 0.2) is 41.2 Å². The van der Waals surface area contributed by atoms with Gasteiger partial charge in [-0.05, 0) is 43.2 Å². The first-order valence-electron chi connectivity index (χ1n) is 10.3. The van der Waals surface area contributed by atoms with Crippen molar-refractivity contribution in [2.24, 2.45) is 0 Å².